The molecule has 0 spiro atoms. The lowest BCUT2D eigenvalue weighted by Crippen LogP contribution is -2.38. The first kappa shape index (κ1) is 11.4. The summed E-state index contributed by atoms with van der Waals surface area (Å²) in [6.07, 6.45) is 5.39. The highest BCUT2D eigenvalue weighted by Crippen LogP contribution is 2.49. The standard InChI is InChI=1S/C13H21N3/c1-3-15-11(13(2)6-7-13)9-10-5-4-8-16-12(10)14/h4-5,8,11,15H,3,6-7,9H2,1-2H3,(H2,14,16). The predicted octanol–water partition coefficient (Wildman–Crippen LogP) is 1.98. The molecule has 1 aromatic heterocycles. The van der Waals surface area contributed by atoms with Crippen LogP contribution in [-0.4, -0.2) is 17.6 Å². The Morgan fingerprint density at radius 3 is 2.88 bits per heavy atom. The van der Waals surface area contributed by atoms with Crippen molar-refractivity contribution in [2.24, 2.45) is 5.41 Å². The van der Waals surface area contributed by atoms with Gasteiger partial charge in [0.25, 0.3) is 0 Å². The molecule has 1 aromatic rings. The average molecular weight is 219 g/mol. The molecule has 0 aromatic carbocycles. The molecule has 0 aliphatic heterocycles. The molecule has 2 rings (SSSR count). The molecule has 1 saturated carbocycles. The van der Waals surface area contributed by atoms with Crippen LogP contribution in [0.5, 0.6) is 0 Å². The van der Waals surface area contributed by atoms with E-state index in [9.17, 15) is 0 Å². The minimum absolute atomic E-state index is 0.471. The van der Waals surface area contributed by atoms with Gasteiger partial charge < -0.3 is 11.1 Å². The zero-order chi connectivity index (χ0) is 11.6. The number of hydrogen-bond donors (Lipinski definition) is 2. The molecule has 16 heavy (non-hydrogen) atoms. The fourth-order valence-electron chi connectivity index (χ4n) is 2.20. The highest BCUT2D eigenvalue weighted by molar-refractivity contribution is 5.39. The molecule has 88 valence electrons. The van der Waals surface area contributed by atoms with Gasteiger partial charge in [0, 0.05) is 12.2 Å². The van der Waals surface area contributed by atoms with E-state index in [0.29, 0.717) is 17.3 Å². The predicted molar refractivity (Wildman–Crippen MR) is 67.2 cm³/mol. The van der Waals surface area contributed by atoms with E-state index in [-0.39, 0.29) is 0 Å². The highest BCUT2D eigenvalue weighted by Gasteiger charge is 2.44. The van der Waals surface area contributed by atoms with Gasteiger partial charge in [0.15, 0.2) is 0 Å². The number of nitrogen functional groups attached to an aromatic ring is 1. The van der Waals surface area contributed by atoms with Crippen LogP contribution in [0.4, 0.5) is 5.82 Å². The van der Waals surface area contributed by atoms with Crippen LogP contribution in [0.1, 0.15) is 32.3 Å². The van der Waals surface area contributed by atoms with E-state index in [0.717, 1.165) is 13.0 Å². The van der Waals surface area contributed by atoms with E-state index < -0.39 is 0 Å². The Hall–Kier alpha value is -1.09. The quantitative estimate of drug-likeness (QED) is 0.796. The van der Waals surface area contributed by atoms with E-state index in [1.165, 1.54) is 18.4 Å². The van der Waals surface area contributed by atoms with Gasteiger partial charge in [-0.25, -0.2) is 4.98 Å². The van der Waals surface area contributed by atoms with Crippen LogP contribution in [0.25, 0.3) is 0 Å². The zero-order valence-corrected chi connectivity index (χ0v) is 10.2. The van der Waals surface area contributed by atoms with Gasteiger partial charge in [-0.2, -0.15) is 0 Å². The highest BCUT2D eigenvalue weighted by atomic mass is 14.9. The van der Waals surface area contributed by atoms with E-state index in [4.69, 9.17) is 5.73 Å². The van der Waals surface area contributed by atoms with Crippen LogP contribution in [0.2, 0.25) is 0 Å². The number of rotatable bonds is 5. The molecule has 0 bridgehead atoms. The number of likely N-dealkylation sites (N-methyl/N-ethyl adjacent to an activating group) is 1. The van der Waals surface area contributed by atoms with Crippen molar-refractivity contribution in [1.82, 2.24) is 10.3 Å². The second-order valence-corrected chi connectivity index (χ2v) is 5.02. The molecule has 1 fully saturated rings. The maximum atomic E-state index is 5.89. The van der Waals surface area contributed by atoms with Gasteiger partial charge >= 0.3 is 0 Å². The Kier molecular flexibility index (Phi) is 3.15. The molecule has 1 aliphatic rings. The summed E-state index contributed by atoms with van der Waals surface area (Å²) in [5.74, 6) is 0.676. The summed E-state index contributed by atoms with van der Waals surface area (Å²) in [4.78, 5) is 4.14. The van der Waals surface area contributed by atoms with Crippen molar-refractivity contribution in [3.63, 3.8) is 0 Å². The number of hydrogen-bond acceptors (Lipinski definition) is 3. The summed E-state index contributed by atoms with van der Waals surface area (Å²) in [5.41, 5.74) is 7.53. The van der Waals surface area contributed by atoms with E-state index in [1.54, 1.807) is 6.20 Å². The third kappa shape index (κ3) is 2.35. The van der Waals surface area contributed by atoms with Crippen molar-refractivity contribution in [2.45, 2.75) is 39.2 Å². The van der Waals surface area contributed by atoms with Crippen LogP contribution in [0, 0.1) is 5.41 Å². The number of nitrogens with zero attached hydrogens (tertiary/aromatic N) is 1. The Bertz CT molecular complexity index is 358. The second kappa shape index (κ2) is 4.42. The summed E-state index contributed by atoms with van der Waals surface area (Å²) in [5, 5.41) is 3.58. The normalized spacial score (nSPS) is 19.4. The van der Waals surface area contributed by atoms with Gasteiger partial charge in [-0.15, -0.1) is 0 Å². The average Bonchev–Trinajstić information content (AvgIpc) is 3.00. The Morgan fingerprint density at radius 2 is 2.31 bits per heavy atom. The smallest absolute Gasteiger partial charge is 0.126 e. The minimum atomic E-state index is 0.471. The lowest BCUT2D eigenvalue weighted by molar-refractivity contribution is 0.360. The molecule has 1 aliphatic carbocycles. The van der Waals surface area contributed by atoms with Crippen LogP contribution < -0.4 is 11.1 Å². The fraction of sp³-hybridized carbons (Fsp3) is 0.615. The van der Waals surface area contributed by atoms with Crippen molar-refractivity contribution in [1.29, 1.82) is 0 Å². The largest absolute Gasteiger partial charge is 0.383 e. The van der Waals surface area contributed by atoms with Gasteiger partial charge in [-0.3, -0.25) is 0 Å². The lowest BCUT2D eigenvalue weighted by Gasteiger charge is -2.24. The molecule has 3 heteroatoms. The summed E-state index contributed by atoms with van der Waals surface area (Å²) < 4.78 is 0. The number of nitrogens with one attached hydrogen (secondary N) is 1. The van der Waals surface area contributed by atoms with Gasteiger partial charge in [-0.05, 0) is 42.9 Å². The third-order valence-electron chi connectivity index (χ3n) is 3.68. The summed E-state index contributed by atoms with van der Waals surface area (Å²) in [6.45, 7) is 5.53. The maximum absolute atomic E-state index is 5.89. The van der Waals surface area contributed by atoms with E-state index in [2.05, 4.69) is 30.2 Å². The molecule has 1 heterocycles. The summed E-state index contributed by atoms with van der Waals surface area (Å²) in [7, 11) is 0. The number of aromatic nitrogens is 1. The summed E-state index contributed by atoms with van der Waals surface area (Å²) in [6, 6.07) is 4.58. The molecule has 1 atom stereocenters. The topological polar surface area (TPSA) is 50.9 Å². The first-order valence-electron chi connectivity index (χ1n) is 6.08. The Morgan fingerprint density at radius 1 is 1.56 bits per heavy atom. The molecular formula is C13H21N3. The van der Waals surface area contributed by atoms with Crippen molar-refractivity contribution >= 4 is 5.82 Å². The van der Waals surface area contributed by atoms with Crippen LogP contribution in [0.15, 0.2) is 18.3 Å². The molecule has 1 unspecified atom stereocenters. The van der Waals surface area contributed by atoms with Gasteiger partial charge in [-0.1, -0.05) is 19.9 Å². The monoisotopic (exact) mass is 219 g/mol. The van der Waals surface area contributed by atoms with Crippen molar-refractivity contribution in [3.05, 3.63) is 23.9 Å². The molecule has 3 nitrogen and oxygen atoms in total. The summed E-state index contributed by atoms with van der Waals surface area (Å²) >= 11 is 0. The van der Waals surface area contributed by atoms with Crippen molar-refractivity contribution in [3.8, 4) is 0 Å². The molecule has 0 radical (unpaired) electrons. The van der Waals surface area contributed by atoms with Gasteiger partial charge in [0.05, 0.1) is 0 Å². The van der Waals surface area contributed by atoms with Crippen LogP contribution in [0.3, 0.4) is 0 Å². The zero-order valence-electron chi connectivity index (χ0n) is 10.2. The number of nitrogens with two attached hydrogens (primary N) is 1. The Balaban J connectivity index is 2.09. The number of pyridine rings is 1. The van der Waals surface area contributed by atoms with Crippen molar-refractivity contribution in [2.75, 3.05) is 12.3 Å². The molecule has 0 saturated heterocycles. The molecule has 0 amide bonds. The SMILES string of the molecule is CCNC(Cc1cccnc1N)C1(C)CC1. The molecule has 3 N–H and O–H groups in total. The molecular weight excluding hydrogens is 198 g/mol. The van der Waals surface area contributed by atoms with Crippen LogP contribution >= 0.6 is 0 Å². The van der Waals surface area contributed by atoms with Crippen molar-refractivity contribution < 1.29 is 0 Å². The first-order valence-corrected chi connectivity index (χ1v) is 6.08. The maximum Gasteiger partial charge on any atom is 0.126 e. The fourth-order valence-corrected chi connectivity index (χ4v) is 2.20. The lowest BCUT2D eigenvalue weighted by atomic mass is 9.92. The van der Waals surface area contributed by atoms with Crippen LogP contribution in [-0.2, 0) is 6.42 Å². The third-order valence-corrected chi connectivity index (χ3v) is 3.68. The second-order valence-electron chi connectivity index (χ2n) is 5.02. The van der Waals surface area contributed by atoms with E-state index in [1.807, 2.05) is 6.07 Å². The minimum Gasteiger partial charge on any atom is -0.383 e. The van der Waals surface area contributed by atoms with Gasteiger partial charge in [0.2, 0.25) is 0 Å². The Labute approximate surface area is 97.5 Å². The first-order chi connectivity index (χ1) is 7.65. The van der Waals surface area contributed by atoms with E-state index >= 15 is 0 Å². The number of anilines is 1. The van der Waals surface area contributed by atoms with Gasteiger partial charge in [0.1, 0.15) is 5.82 Å².